The molecule has 1 aliphatic heterocycles. The normalized spacial score (nSPS) is 16.6. The van der Waals surface area contributed by atoms with E-state index in [-0.39, 0.29) is 11.2 Å². The number of hydrogen-bond donors (Lipinski definition) is 0. The SMILES string of the molecule is Cc1ccc(N2C[C@@H](C)Cn3c2nc2c3c(=O)n(CCC(C)C)c(=O)n2C)cc1. The molecule has 7 heteroatoms. The van der Waals surface area contributed by atoms with Crippen LogP contribution in [-0.2, 0) is 20.1 Å². The van der Waals surface area contributed by atoms with Gasteiger partial charge < -0.3 is 9.47 Å². The van der Waals surface area contributed by atoms with Gasteiger partial charge in [-0.2, -0.15) is 4.98 Å². The van der Waals surface area contributed by atoms with E-state index in [4.69, 9.17) is 4.98 Å². The minimum atomic E-state index is -0.298. The number of fused-ring (bicyclic) bond motifs is 3. The summed E-state index contributed by atoms with van der Waals surface area (Å²) in [5, 5.41) is 0. The zero-order valence-electron chi connectivity index (χ0n) is 17.8. The number of rotatable bonds is 4. The van der Waals surface area contributed by atoms with E-state index in [0.717, 1.165) is 24.6 Å². The van der Waals surface area contributed by atoms with Crippen LogP contribution in [0, 0.1) is 18.8 Å². The zero-order chi connectivity index (χ0) is 20.9. The van der Waals surface area contributed by atoms with Crippen molar-refractivity contribution in [1.29, 1.82) is 0 Å². The number of benzene rings is 1. The lowest BCUT2D eigenvalue weighted by Gasteiger charge is -2.33. The Morgan fingerprint density at radius 3 is 2.48 bits per heavy atom. The Balaban J connectivity index is 1.94. The van der Waals surface area contributed by atoms with Gasteiger partial charge in [-0.05, 0) is 37.3 Å². The molecule has 0 N–H and O–H groups in total. The van der Waals surface area contributed by atoms with Crippen molar-refractivity contribution in [2.45, 2.75) is 47.2 Å². The quantitative estimate of drug-likeness (QED) is 0.681. The van der Waals surface area contributed by atoms with Crippen molar-refractivity contribution in [3.05, 3.63) is 50.7 Å². The summed E-state index contributed by atoms with van der Waals surface area (Å²) < 4.78 is 4.88. The van der Waals surface area contributed by atoms with E-state index in [1.165, 1.54) is 14.7 Å². The molecule has 3 heterocycles. The van der Waals surface area contributed by atoms with Crippen LogP contribution < -0.4 is 16.1 Å². The van der Waals surface area contributed by atoms with Gasteiger partial charge in [0.1, 0.15) is 0 Å². The Morgan fingerprint density at radius 2 is 1.83 bits per heavy atom. The van der Waals surface area contributed by atoms with Crippen LogP contribution in [0.4, 0.5) is 11.6 Å². The van der Waals surface area contributed by atoms with Gasteiger partial charge in [-0.1, -0.05) is 38.5 Å². The smallest absolute Gasteiger partial charge is 0.312 e. The molecule has 0 amide bonds. The fourth-order valence-corrected chi connectivity index (χ4v) is 4.03. The molecule has 0 spiro atoms. The Kier molecular flexibility index (Phi) is 4.84. The first kappa shape index (κ1) is 19.5. The van der Waals surface area contributed by atoms with Gasteiger partial charge in [0.25, 0.3) is 5.56 Å². The van der Waals surface area contributed by atoms with Gasteiger partial charge >= 0.3 is 5.69 Å². The second kappa shape index (κ2) is 7.21. The predicted molar refractivity (Wildman–Crippen MR) is 116 cm³/mol. The van der Waals surface area contributed by atoms with Crippen molar-refractivity contribution < 1.29 is 0 Å². The molecule has 3 aromatic rings. The summed E-state index contributed by atoms with van der Waals surface area (Å²) in [6, 6.07) is 8.32. The lowest BCUT2D eigenvalue weighted by molar-refractivity contribution is 0.455. The highest BCUT2D eigenvalue weighted by molar-refractivity contribution is 5.77. The molecule has 0 unspecified atom stereocenters. The van der Waals surface area contributed by atoms with Crippen LogP contribution in [0.3, 0.4) is 0 Å². The summed E-state index contributed by atoms with van der Waals surface area (Å²) in [4.78, 5) is 33.1. The van der Waals surface area contributed by atoms with Gasteiger partial charge in [0, 0.05) is 32.4 Å². The predicted octanol–water partition coefficient (Wildman–Crippen LogP) is 3.04. The summed E-state index contributed by atoms with van der Waals surface area (Å²) in [7, 11) is 1.70. The Bertz CT molecular complexity index is 1170. The second-order valence-electron chi connectivity index (χ2n) is 8.73. The Labute approximate surface area is 170 Å². The van der Waals surface area contributed by atoms with E-state index in [2.05, 4.69) is 56.9 Å². The van der Waals surface area contributed by atoms with Gasteiger partial charge in [0.05, 0.1) is 0 Å². The third kappa shape index (κ3) is 3.28. The molecule has 1 aromatic carbocycles. The number of hydrogen-bond acceptors (Lipinski definition) is 4. The van der Waals surface area contributed by atoms with Crippen molar-refractivity contribution in [2.75, 3.05) is 11.4 Å². The lowest BCUT2D eigenvalue weighted by atomic mass is 10.1. The largest absolute Gasteiger partial charge is 0.332 e. The lowest BCUT2D eigenvalue weighted by Crippen LogP contribution is -2.40. The maximum Gasteiger partial charge on any atom is 0.332 e. The van der Waals surface area contributed by atoms with Crippen LogP contribution >= 0.6 is 0 Å². The maximum atomic E-state index is 13.3. The molecular weight excluding hydrogens is 366 g/mol. The highest BCUT2D eigenvalue weighted by atomic mass is 16.2. The summed E-state index contributed by atoms with van der Waals surface area (Å²) >= 11 is 0. The third-order valence-corrected chi connectivity index (χ3v) is 5.72. The minimum Gasteiger partial charge on any atom is -0.312 e. The summed E-state index contributed by atoms with van der Waals surface area (Å²) in [6.45, 7) is 10.4. The van der Waals surface area contributed by atoms with E-state index in [0.29, 0.717) is 36.1 Å². The average Bonchev–Trinajstić information content (AvgIpc) is 3.05. The summed E-state index contributed by atoms with van der Waals surface area (Å²) in [6.07, 6.45) is 0.785. The molecule has 0 fully saturated rings. The highest BCUT2D eigenvalue weighted by Gasteiger charge is 2.29. The molecule has 7 nitrogen and oxygen atoms in total. The molecule has 4 rings (SSSR count). The van der Waals surface area contributed by atoms with E-state index in [1.807, 2.05) is 4.57 Å². The van der Waals surface area contributed by atoms with Crippen LogP contribution in [0.5, 0.6) is 0 Å². The Morgan fingerprint density at radius 1 is 1.14 bits per heavy atom. The van der Waals surface area contributed by atoms with Crippen molar-refractivity contribution >= 4 is 22.8 Å². The van der Waals surface area contributed by atoms with Crippen LogP contribution in [0.2, 0.25) is 0 Å². The van der Waals surface area contributed by atoms with E-state index >= 15 is 0 Å². The van der Waals surface area contributed by atoms with Crippen molar-refractivity contribution in [1.82, 2.24) is 18.7 Å². The van der Waals surface area contributed by atoms with Gasteiger partial charge in [-0.15, -0.1) is 0 Å². The Hall–Kier alpha value is -2.83. The first-order chi connectivity index (χ1) is 13.8. The summed E-state index contributed by atoms with van der Waals surface area (Å²) in [5.41, 5.74) is 2.69. The number of aromatic nitrogens is 4. The van der Waals surface area contributed by atoms with Crippen LogP contribution in [-0.4, -0.2) is 25.2 Å². The molecule has 0 aliphatic carbocycles. The molecule has 29 heavy (non-hydrogen) atoms. The molecule has 0 saturated heterocycles. The van der Waals surface area contributed by atoms with Crippen molar-refractivity contribution in [3.8, 4) is 0 Å². The number of imidazole rings is 1. The van der Waals surface area contributed by atoms with Crippen molar-refractivity contribution in [2.24, 2.45) is 18.9 Å². The monoisotopic (exact) mass is 395 g/mol. The van der Waals surface area contributed by atoms with Crippen LogP contribution in [0.25, 0.3) is 11.2 Å². The van der Waals surface area contributed by atoms with Gasteiger partial charge in [0.15, 0.2) is 11.2 Å². The molecule has 0 bridgehead atoms. The second-order valence-corrected chi connectivity index (χ2v) is 8.73. The molecule has 154 valence electrons. The average molecular weight is 396 g/mol. The first-order valence-corrected chi connectivity index (χ1v) is 10.3. The number of nitrogens with zero attached hydrogens (tertiary/aromatic N) is 5. The fourth-order valence-electron chi connectivity index (χ4n) is 4.03. The third-order valence-electron chi connectivity index (χ3n) is 5.72. The topological polar surface area (TPSA) is 65.1 Å². The molecule has 0 saturated carbocycles. The molecule has 1 atom stereocenters. The van der Waals surface area contributed by atoms with Crippen LogP contribution in [0.15, 0.2) is 33.9 Å². The molecule has 0 radical (unpaired) electrons. The van der Waals surface area contributed by atoms with Crippen molar-refractivity contribution in [3.63, 3.8) is 0 Å². The van der Waals surface area contributed by atoms with E-state index in [9.17, 15) is 9.59 Å². The minimum absolute atomic E-state index is 0.236. The maximum absolute atomic E-state index is 13.3. The van der Waals surface area contributed by atoms with Crippen LogP contribution in [0.1, 0.15) is 32.8 Å². The molecule has 1 aliphatic rings. The van der Waals surface area contributed by atoms with Gasteiger partial charge in [0.2, 0.25) is 5.95 Å². The summed E-state index contributed by atoms with van der Waals surface area (Å²) in [5.74, 6) is 1.50. The fraction of sp³-hybridized carbons (Fsp3) is 0.500. The molecular formula is C22H29N5O2. The number of anilines is 2. The standard InChI is InChI=1S/C22H29N5O2/c1-14(2)10-11-25-20(28)18-19(24(5)22(25)29)23-21-26(12-16(4)13-27(18)21)17-8-6-15(3)7-9-17/h6-9,14,16H,10-13H2,1-5H3/t16-/m1/s1. The van der Waals surface area contributed by atoms with Gasteiger partial charge in [-0.3, -0.25) is 13.9 Å². The highest BCUT2D eigenvalue weighted by Crippen LogP contribution is 2.32. The zero-order valence-corrected chi connectivity index (χ0v) is 17.8. The van der Waals surface area contributed by atoms with E-state index < -0.39 is 0 Å². The first-order valence-electron chi connectivity index (χ1n) is 10.3. The molecule has 2 aromatic heterocycles. The van der Waals surface area contributed by atoms with E-state index in [1.54, 1.807) is 7.05 Å². The van der Waals surface area contributed by atoms with Gasteiger partial charge in [-0.25, -0.2) is 4.79 Å². The number of aryl methyl sites for hydroxylation is 2.